The molecule has 1 amide bonds. The minimum Gasteiger partial charge on any atom is -0.493 e. The molecule has 0 saturated heterocycles. The Balaban J connectivity index is 1.93. The van der Waals surface area contributed by atoms with Crippen molar-refractivity contribution in [3.05, 3.63) is 54.1 Å². The maximum Gasteiger partial charge on any atom is 0.242 e. The summed E-state index contributed by atoms with van der Waals surface area (Å²) in [6.45, 7) is 2.33. The van der Waals surface area contributed by atoms with Gasteiger partial charge in [0.05, 0.1) is 14.2 Å². The Hall–Kier alpha value is -2.69. The number of ether oxygens (including phenoxy) is 2. The van der Waals surface area contributed by atoms with E-state index in [1.165, 1.54) is 0 Å². The van der Waals surface area contributed by atoms with Gasteiger partial charge >= 0.3 is 0 Å². The van der Waals surface area contributed by atoms with Crippen molar-refractivity contribution in [3.8, 4) is 11.5 Å². The number of methoxy groups -OCH3 is 2. The third-order valence-corrected chi connectivity index (χ3v) is 3.47. The second kappa shape index (κ2) is 8.08. The number of hydrogen-bond acceptors (Lipinski definition) is 4. The smallest absolute Gasteiger partial charge is 0.242 e. The summed E-state index contributed by atoms with van der Waals surface area (Å²) in [4.78, 5) is 12.2. The zero-order valence-corrected chi connectivity index (χ0v) is 13.6. The first-order chi connectivity index (χ1) is 11.1. The van der Waals surface area contributed by atoms with Crippen molar-refractivity contribution in [2.24, 2.45) is 0 Å². The average molecular weight is 314 g/mol. The van der Waals surface area contributed by atoms with E-state index in [9.17, 15) is 4.79 Å². The quantitative estimate of drug-likeness (QED) is 0.825. The second-order valence-corrected chi connectivity index (χ2v) is 5.14. The molecule has 2 aromatic carbocycles. The number of amides is 1. The van der Waals surface area contributed by atoms with Crippen LogP contribution in [0.4, 0.5) is 5.69 Å². The standard InChI is InChI=1S/C18H22N2O3/c1-13(18(21)19-12-14-7-5-4-6-8-14)20-15-9-10-16(22-2)17(11-15)23-3/h4-11,13,20H,12H2,1-3H3,(H,19,21)/t13-/m0/s1. The molecule has 0 unspecified atom stereocenters. The number of carbonyl (C=O) groups excluding carboxylic acids is 1. The molecule has 0 bridgehead atoms. The van der Waals surface area contributed by atoms with Crippen LogP contribution in [-0.2, 0) is 11.3 Å². The molecule has 0 saturated carbocycles. The minimum atomic E-state index is -0.364. The zero-order valence-electron chi connectivity index (χ0n) is 13.6. The summed E-state index contributed by atoms with van der Waals surface area (Å²) in [6.07, 6.45) is 0. The van der Waals surface area contributed by atoms with Crippen LogP contribution in [0.15, 0.2) is 48.5 Å². The highest BCUT2D eigenvalue weighted by Gasteiger charge is 2.13. The monoisotopic (exact) mass is 314 g/mol. The van der Waals surface area contributed by atoms with Gasteiger partial charge in [-0.15, -0.1) is 0 Å². The van der Waals surface area contributed by atoms with Crippen molar-refractivity contribution >= 4 is 11.6 Å². The van der Waals surface area contributed by atoms with Crippen molar-refractivity contribution in [2.75, 3.05) is 19.5 Å². The summed E-state index contributed by atoms with van der Waals surface area (Å²) in [5, 5.41) is 6.07. The molecule has 5 nitrogen and oxygen atoms in total. The molecule has 122 valence electrons. The molecule has 0 aliphatic heterocycles. The lowest BCUT2D eigenvalue weighted by molar-refractivity contribution is -0.121. The highest BCUT2D eigenvalue weighted by atomic mass is 16.5. The van der Waals surface area contributed by atoms with Crippen LogP contribution in [0.1, 0.15) is 12.5 Å². The van der Waals surface area contributed by atoms with E-state index in [4.69, 9.17) is 9.47 Å². The Kier molecular flexibility index (Phi) is 5.86. The van der Waals surface area contributed by atoms with E-state index in [-0.39, 0.29) is 11.9 Å². The molecular weight excluding hydrogens is 292 g/mol. The van der Waals surface area contributed by atoms with Crippen LogP contribution in [0.3, 0.4) is 0 Å². The normalized spacial score (nSPS) is 11.4. The van der Waals surface area contributed by atoms with Gasteiger partial charge in [-0.1, -0.05) is 30.3 Å². The molecule has 0 aliphatic carbocycles. The lowest BCUT2D eigenvalue weighted by Gasteiger charge is -2.16. The molecule has 0 heterocycles. The molecule has 2 rings (SSSR count). The second-order valence-electron chi connectivity index (χ2n) is 5.14. The maximum absolute atomic E-state index is 12.2. The first-order valence-electron chi connectivity index (χ1n) is 7.44. The molecule has 0 radical (unpaired) electrons. The molecule has 0 aliphatic rings. The van der Waals surface area contributed by atoms with Gasteiger partial charge in [-0.3, -0.25) is 4.79 Å². The highest BCUT2D eigenvalue weighted by molar-refractivity contribution is 5.84. The lowest BCUT2D eigenvalue weighted by Crippen LogP contribution is -2.37. The number of anilines is 1. The average Bonchev–Trinajstić information content (AvgIpc) is 2.60. The third kappa shape index (κ3) is 4.64. The summed E-state index contributed by atoms with van der Waals surface area (Å²) in [7, 11) is 3.17. The van der Waals surface area contributed by atoms with Crippen LogP contribution in [0.2, 0.25) is 0 Å². The lowest BCUT2D eigenvalue weighted by atomic mass is 10.2. The predicted molar refractivity (Wildman–Crippen MR) is 90.9 cm³/mol. The van der Waals surface area contributed by atoms with Crippen LogP contribution in [-0.4, -0.2) is 26.2 Å². The van der Waals surface area contributed by atoms with Crippen molar-refractivity contribution in [1.82, 2.24) is 5.32 Å². The fourth-order valence-corrected chi connectivity index (χ4v) is 2.18. The number of nitrogens with one attached hydrogen (secondary N) is 2. The molecule has 23 heavy (non-hydrogen) atoms. The Morgan fingerprint density at radius 1 is 1.04 bits per heavy atom. The van der Waals surface area contributed by atoms with E-state index >= 15 is 0 Å². The predicted octanol–water partition coefficient (Wildman–Crippen LogP) is 2.82. The summed E-state index contributed by atoms with van der Waals surface area (Å²) >= 11 is 0. The van der Waals surface area contributed by atoms with E-state index in [0.29, 0.717) is 18.0 Å². The van der Waals surface area contributed by atoms with E-state index in [2.05, 4.69) is 10.6 Å². The first kappa shape index (κ1) is 16.7. The van der Waals surface area contributed by atoms with Gasteiger partial charge in [-0.2, -0.15) is 0 Å². The molecule has 2 N–H and O–H groups in total. The molecule has 0 spiro atoms. The van der Waals surface area contributed by atoms with Crippen LogP contribution < -0.4 is 20.1 Å². The SMILES string of the molecule is COc1ccc(N[C@@H](C)C(=O)NCc2ccccc2)cc1OC. The van der Waals surface area contributed by atoms with Gasteiger partial charge in [0.15, 0.2) is 11.5 Å². The Morgan fingerprint density at radius 2 is 1.74 bits per heavy atom. The van der Waals surface area contributed by atoms with Crippen LogP contribution in [0, 0.1) is 0 Å². The minimum absolute atomic E-state index is 0.0661. The van der Waals surface area contributed by atoms with Gasteiger partial charge in [-0.05, 0) is 24.6 Å². The van der Waals surface area contributed by atoms with Gasteiger partial charge in [-0.25, -0.2) is 0 Å². The summed E-state index contributed by atoms with van der Waals surface area (Å²) in [6, 6.07) is 14.9. The fraction of sp³-hybridized carbons (Fsp3) is 0.278. The van der Waals surface area contributed by atoms with Crippen molar-refractivity contribution in [1.29, 1.82) is 0 Å². The Bertz CT molecular complexity index is 644. The maximum atomic E-state index is 12.2. The van der Waals surface area contributed by atoms with E-state index in [0.717, 1.165) is 11.3 Å². The molecular formula is C18H22N2O3. The first-order valence-corrected chi connectivity index (χ1v) is 7.44. The summed E-state index contributed by atoms with van der Waals surface area (Å²) in [5.41, 5.74) is 1.86. The zero-order chi connectivity index (χ0) is 16.7. The fourth-order valence-electron chi connectivity index (χ4n) is 2.18. The highest BCUT2D eigenvalue weighted by Crippen LogP contribution is 2.29. The molecule has 1 atom stereocenters. The Morgan fingerprint density at radius 3 is 2.39 bits per heavy atom. The third-order valence-electron chi connectivity index (χ3n) is 3.47. The number of hydrogen-bond donors (Lipinski definition) is 2. The number of carbonyl (C=O) groups is 1. The van der Waals surface area contributed by atoms with E-state index < -0.39 is 0 Å². The Labute approximate surface area is 136 Å². The van der Waals surface area contributed by atoms with Gasteiger partial charge in [0.1, 0.15) is 6.04 Å². The van der Waals surface area contributed by atoms with Gasteiger partial charge in [0.2, 0.25) is 5.91 Å². The topological polar surface area (TPSA) is 59.6 Å². The van der Waals surface area contributed by atoms with Crippen molar-refractivity contribution < 1.29 is 14.3 Å². The van der Waals surface area contributed by atoms with Crippen LogP contribution >= 0.6 is 0 Å². The number of rotatable bonds is 7. The molecule has 5 heteroatoms. The van der Waals surface area contributed by atoms with Gasteiger partial charge < -0.3 is 20.1 Å². The largest absolute Gasteiger partial charge is 0.493 e. The molecule has 0 fully saturated rings. The molecule has 2 aromatic rings. The van der Waals surface area contributed by atoms with Gasteiger partial charge in [0.25, 0.3) is 0 Å². The van der Waals surface area contributed by atoms with Gasteiger partial charge in [0, 0.05) is 18.3 Å². The van der Waals surface area contributed by atoms with Crippen LogP contribution in [0.25, 0.3) is 0 Å². The van der Waals surface area contributed by atoms with E-state index in [1.54, 1.807) is 26.4 Å². The van der Waals surface area contributed by atoms with Crippen molar-refractivity contribution in [2.45, 2.75) is 19.5 Å². The van der Waals surface area contributed by atoms with E-state index in [1.807, 2.05) is 43.3 Å². The van der Waals surface area contributed by atoms with Crippen molar-refractivity contribution in [3.63, 3.8) is 0 Å². The number of benzene rings is 2. The van der Waals surface area contributed by atoms with Crippen LogP contribution in [0.5, 0.6) is 11.5 Å². The summed E-state index contributed by atoms with van der Waals surface area (Å²) in [5.74, 6) is 1.21. The summed E-state index contributed by atoms with van der Waals surface area (Å²) < 4.78 is 10.5. The molecule has 0 aromatic heterocycles.